The van der Waals surface area contributed by atoms with Gasteiger partial charge in [0, 0.05) is 0 Å². The van der Waals surface area contributed by atoms with E-state index in [4.69, 9.17) is 23.2 Å². The molecule has 0 N–H and O–H groups in total. The van der Waals surface area contributed by atoms with Gasteiger partial charge in [-0.15, -0.1) is 23.2 Å². The third kappa shape index (κ3) is 7.68. The Hall–Kier alpha value is -0.830. The molecule has 0 saturated heterocycles. The summed E-state index contributed by atoms with van der Waals surface area (Å²) >= 11 is 10.5. The zero-order valence-electron chi connectivity index (χ0n) is 9.68. The van der Waals surface area contributed by atoms with Gasteiger partial charge in [0.25, 0.3) is 0 Å². The molecule has 0 aliphatic carbocycles. The number of rotatable bonds is 7. The molecule has 0 aliphatic heterocycles. The molecule has 4 nitrogen and oxygen atoms in total. The van der Waals surface area contributed by atoms with Crippen LogP contribution in [0.2, 0.25) is 0 Å². The van der Waals surface area contributed by atoms with E-state index in [0.717, 1.165) is 0 Å². The largest absolute Gasteiger partial charge is 0.463 e. The highest BCUT2D eigenvalue weighted by Gasteiger charge is 2.58. The van der Waals surface area contributed by atoms with Gasteiger partial charge < -0.3 is 9.47 Å². The molecular formula is C9H9Cl2F5O4. The van der Waals surface area contributed by atoms with Crippen molar-refractivity contribution in [2.75, 3.05) is 13.2 Å². The molecule has 0 amide bonds. The van der Waals surface area contributed by atoms with Gasteiger partial charge in [0.2, 0.25) is 0 Å². The van der Waals surface area contributed by atoms with E-state index >= 15 is 0 Å². The summed E-state index contributed by atoms with van der Waals surface area (Å²) in [5.74, 6) is -7.46. The Balaban J connectivity index is 3.99. The number of halogens is 7. The number of ether oxygens (including phenoxy) is 2. The van der Waals surface area contributed by atoms with Gasteiger partial charge in [-0.05, 0) is 0 Å². The fourth-order valence-electron chi connectivity index (χ4n) is 0.757. The normalized spacial score (nSPS) is 12.4. The third-order valence-electron chi connectivity index (χ3n) is 1.73. The van der Waals surface area contributed by atoms with Crippen LogP contribution in [0, 0.1) is 0 Å². The minimum Gasteiger partial charge on any atom is -0.463 e. The first-order valence-electron chi connectivity index (χ1n) is 4.99. The van der Waals surface area contributed by atoms with Crippen molar-refractivity contribution in [2.24, 2.45) is 0 Å². The fraction of sp³-hybridized carbons (Fsp3) is 0.778. The summed E-state index contributed by atoms with van der Waals surface area (Å²) in [5.41, 5.74) is 0. The number of hydrogen-bond donors (Lipinski definition) is 0. The summed E-state index contributed by atoms with van der Waals surface area (Å²) < 4.78 is 68.1. The zero-order valence-corrected chi connectivity index (χ0v) is 11.2. The van der Waals surface area contributed by atoms with E-state index < -0.39 is 48.3 Å². The molecule has 20 heavy (non-hydrogen) atoms. The molecule has 0 aliphatic rings. The predicted octanol–water partition coefficient (Wildman–Crippen LogP) is 2.85. The minimum atomic E-state index is -5.82. The molecule has 11 heteroatoms. The molecule has 0 radical (unpaired) electrons. The van der Waals surface area contributed by atoms with Crippen LogP contribution in [-0.4, -0.2) is 42.1 Å². The summed E-state index contributed by atoms with van der Waals surface area (Å²) in [4.78, 5) is 20.8. The monoisotopic (exact) mass is 346 g/mol. The lowest BCUT2D eigenvalue weighted by molar-refractivity contribution is -0.294. The fourth-order valence-corrected chi connectivity index (χ4v) is 0.883. The van der Waals surface area contributed by atoms with Crippen molar-refractivity contribution in [2.45, 2.75) is 29.8 Å². The van der Waals surface area contributed by atoms with Gasteiger partial charge in [0.05, 0.1) is 12.8 Å². The average Bonchev–Trinajstić information content (AvgIpc) is 2.29. The molecule has 0 saturated carbocycles. The summed E-state index contributed by atoms with van der Waals surface area (Å²) in [5, 5.41) is 0. The van der Waals surface area contributed by atoms with E-state index in [2.05, 4.69) is 9.47 Å². The van der Waals surface area contributed by atoms with Crippen LogP contribution in [0.15, 0.2) is 0 Å². The van der Waals surface area contributed by atoms with Crippen molar-refractivity contribution in [3.8, 4) is 0 Å². The highest BCUT2D eigenvalue weighted by atomic mass is 35.5. The third-order valence-corrected chi connectivity index (χ3v) is 1.98. The van der Waals surface area contributed by atoms with E-state index in [9.17, 15) is 31.5 Å². The lowest BCUT2D eigenvalue weighted by Gasteiger charge is -2.18. The molecule has 0 aromatic rings. The lowest BCUT2D eigenvalue weighted by Crippen LogP contribution is -2.41. The molecule has 0 aromatic carbocycles. The van der Waals surface area contributed by atoms with E-state index in [-0.39, 0.29) is 6.61 Å². The van der Waals surface area contributed by atoms with Crippen molar-refractivity contribution >= 4 is 35.1 Å². The molecule has 0 bridgehead atoms. The molecule has 118 valence electrons. The summed E-state index contributed by atoms with van der Waals surface area (Å²) in [7, 11) is 0. The summed E-state index contributed by atoms with van der Waals surface area (Å²) in [6.45, 7) is -2.49. The zero-order chi connectivity index (χ0) is 16.0. The second-order valence-electron chi connectivity index (χ2n) is 3.44. The van der Waals surface area contributed by atoms with Crippen LogP contribution in [0.4, 0.5) is 22.0 Å². The number of carbonyl (C=O) groups excluding carboxylic acids is 2. The second-order valence-corrected chi connectivity index (χ2v) is 4.71. The highest BCUT2D eigenvalue weighted by molar-refractivity contribution is 6.44. The van der Waals surface area contributed by atoms with Gasteiger partial charge >= 0.3 is 24.0 Å². The van der Waals surface area contributed by atoms with Crippen LogP contribution < -0.4 is 0 Å². The van der Waals surface area contributed by atoms with Gasteiger partial charge in [-0.1, -0.05) is 0 Å². The molecule has 0 heterocycles. The predicted molar refractivity (Wildman–Crippen MR) is 57.6 cm³/mol. The van der Waals surface area contributed by atoms with Gasteiger partial charge in [-0.25, -0.2) is 0 Å². The maximum Gasteiger partial charge on any atom is 0.456 e. The summed E-state index contributed by atoms with van der Waals surface area (Å²) in [6.07, 6.45) is -7.08. The SMILES string of the molecule is O=C(CCC(=O)OCC(F)(F)C(F)(F)F)OCC(Cl)Cl. The highest BCUT2D eigenvalue weighted by Crippen LogP contribution is 2.35. The van der Waals surface area contributed by atoms with Gasteiger partial charge in [0.1, 0.15) is 11.4 Å². The Bertz CT molecular complexity index is 346. The van der Waals surface area contributed by atoms with Crippen molar-refractivity contribution in [3.05, 3.63) is 0 Å². The Labute approximate surface area is 120 Å². The van der Waals surface area contributed by atoms with Gasteiger partial charge in [-0.2, -0.15) is 22.0 Å². The first-order valence-corrected chi connectivity index (χ1v) is 5.87. The number of esters is 2. The molecule has 0 rings (SSSR count). The topological polar surface area (TPSA) is 52.6 Å². The second kappa shape index (κ2) is 7.82. The number of alkyl halides is 7. The Morgan fingerprint density at radius 1 is 0.950 bits per heavy atom. The Kier molecular flexibility index (Phi) is 7.50. The quantitative estimate of drug-likeness (QED) is 0.404. The average molecular weight is 347 g/mol. The minimum absolute atomic E-state index is 0.344. The van der Waals surface area contributed by atoms with Crippen LogP contribution in [0.3, 0.4) is 0 Å². The van der Waals surface area contributed by atoms with Crippen molar-refractivity contribution in [3.63, 3.8) is 0 Å². The van der Waals surface area contributed by atoms with E-state index in [1.807, 2.05) is 0 Å². The van der Waals surface area contributed by atoms with E-state index in [1.54, 1.807) is 0 Å². The van der Waals surface area contributed by atoms with Crippen LogP contribution in [-0.2, 0) is 19.1 Å². The molecular weight excluding hydrogens is 338 g/mol. The first kappa shape index (κ1) is 19.2. The Morgan fingerprint density at radius 3 is 1.80 bits per heavy atom. The maximum atomic E-state index is 12.4. The molecule has 0 atom stereocenters. The summed E-state index contributed by atoms with van der Waals surface area (Å²) in [6, 6.07) is 0. The lowest BCUT2D eigenvalue weighted by atomic mass is 10.3. The van der Waals surface area contributed by atoms with E-state index in [0.29, 0.717) is 0 Å². The van der Waals surface area contributed by atoms with Crippen molar-refractivity contribution < 1.29 is 41.0 Å². The number of hydrogen-bond acceptors (Lipinski definition) is 4. The standard InChI is InChI=1S/C9H9Cl2F5O4/c10-5(11)3-19-6(17)1-2-7(18)20-4-8(12,13)9(14,15)16/h5H,1-4H2. The van der Waals surface area contributed by atoms with Crippen LogP contribution in [0.5, 0.6) is 0 Å². The Morgan fingerprint density at radius 2 is 1.40 bits per heavy atom. The molecule has 0 unspecified atom stereocenters. The van der Waals surface area contributed by atoms with Gasteiger partial charge in [0.15, 0.2) is 6.61 Å². The number of carbonyl (C=O) groups is 2. The van der Waals surface area contributed by atoms with E-state index in [1.165, 1.54) is 0 Å². The van der Waals surface area contributed by atoms with Crippen molar-refractivity contribution in [1.29, 1.82) is 0 Å². The molecule has 0 aromatic heterocycles. The maximum absolute atomic E-state index is 12.4. The molecule has 0 spiro atoms. The van der Waals surface area contributed by atoms with Gasteiger partial charge in [-0.3, -0.25) is 9.59 Å². The van der Waals surface area contributed by atoms with Crippen LogP contribution in [0.25, 0.3) is 0 Å². The van der Waals surface area contributed by atoms with Crippen LogP contribution >= 0.6 is 23.2 Å². The van der Waals surface area contributed by atoms with Crippen molar-refractivity contribution in [1.82, 2.24) is 0 Å². The smallest absolute Gasteiger partial charge is 0.456 e. The van der Waals surface area contributed by atoms with Crippen LogP contribution in [0.1, 0.15) is 12.8 Å². The molecule has 0 fully saturated rings. The first-order chi connectivity index (χ1) is 8.95.